The van der Waals surface area contributed by atoms with Gasteiger partial charge in [0.1, 0.15) is 6.10 Å². The second-order valence-electron chi connectivity index (χ2n) is 10.6. The Balaban J connectivity index is 1.06. The van der Waals surface area contributed by atoms with Gasteiger partial charge in [-0.05, 0) is 53.8 Å². The molecule has 0 N–H and O–H groups in total. The van der Waals surface area contributed by atoms with E-state index in [0.29, 0.717) is 18.2 Å². The average molecular weight is 624 g/mol. The first-order chi connectivity index (χ1) is 20.8. The molecule has 0 saturated carbocycles. The molecule has 4 aromatic rings. The van der Waals surface area contributed by atoms with Gasteiger partial charge < -0.3 is 18.8 Å². The van der Waals surface area contributed by atoms with Crippen molar-refractivity contribution < 1.29 is 27.1 Å². The number of thiazole rings is 1. The van der Waals surface area contributed by atoms with Gasteiger partial charge in [0.25, 0.3) is 15.2 Å². The zero-order valence-electron chi connectivity index (χ0n) is 24.1. The summed E-state index contributed by atoms with van der Waals surface area (Å²) in [5.74, 6) is -0.0978. The van der Waals surface area contributed by atoms with Crippen LogP contribution in [0.4, 0.5) is 5.95 Å². The van der Waals surface area contributed by atoms with E-state index in [1.54, 1.807) is 0 Å². The number of ether oxygens (including phenoxy) is 2. The van der Waals surface area contributed by atoms with E-state index in [0.717, 1.165) is 66.1 Å². The fourth-order valence-corrected chi connectivity index (χ4v) is 7.54. The molecule has 0 amide bonds. The molecular formula is C30H33N5O6S2. The van der Waals surface area contributed by atoms with Crippen LogP contribution in [-0.4, -0.2) is 73.0 Å². The lowest BCUT2D eigenvalue weighted by Crippen LogP contribution is -2.39. The van der Waals surface area contributed by atoms with Crippen LogP contribution >= 0.6 is 11.3 Å². The SMILES string of the molecule is CCCc1cnc(N2CCC(Oc3nc4ccc(C5=CCN(S(=O)(=O)c6ccc(C(=O)OC)o6)CC5)cc4s3)CC2)nc1. The Hall–Kier alpha value is -3.81. The van der Waals surface area contributed by atoms with Gasteiger partial charge in [-0.1, -0.05) is 36.8 Å². The van der Waals surface area contributed by atoms with Crippen molar-refractivity contribution in [1.82, 2.24) is 19.3 Å². The van der Waals surface area contributed by atoms with Crippen LogP contribution in [0.25, 0.3) is 15.8 Å². The van der Waals surface area contributed by atoms with Gasteiger partial charge in [0.2, 0.25) is 16.8 Å². The van der Waals surface area contributed by atoms with Gasteiger partial charge in [-0.25, -0.2) is 28.2 Å². The molecular weight excluding hydrogens is 590 g/mol. The van der Waals surface area contributed by atoms with Crippen molar-refractivity contribution in [3.05, 3.63) is 65.7 Å². The highest BCUT2D eigenvalue weighted by molar-refractivity contribution is 7.89. The molecule has 6 rings (SSSR count). The number of furan rings is 1. The van der Waals surface area contributed by atoms with Gasteiger partial charge in [-0.15, -0.1) is 0 Å². The lowest BCUT2D eigenvalue weighted by molar-refractivity contribution is 0.0558. The van der Waals surface area contributed by atoms with Crippen molar-refractivity contribution in [2.75, 3.05) is 38.2 Å². The normalized spacial score (nSPS) is 16.8. The lowest BCUT2D eigenvalue weighted by Gasteiger charge is -2.31. The van der Waals surface area contributed by atoms with Gasteiger partial charge in [0.15, 0.2) is 0 Å². The number of hydrogen-bond acceptors (Lipinski definition) is 11. The van der Waals surface area contributed by atoms with Crippen molar-refractivity contribution >= 4 is 49.1 Å². The molecule has 1 aromatic carbocycles. The van der Waals surface area contributed by atoms with Crippen molar-refractivity contribution in [1.29, 1.82) is 0 Å². The van der Waals surface area contributed by atoms with Crippen LogP contribution in [0.15, 0.2) is 58.3 Å². The summed E-state index contributed by atoms with van der Waals surface area (Å²) in [6, 6.07) is 8.67. The second kappa shape index (κ2) is 12.4. The van der Waals surface area contributed by atoms with Gasteiger partial charge in [-0.3, -0.25) is 0 Å². The number of anilines is 1. The molecule has 1 fully saturated rings. The quantitative estimate of drug-likeness (QED) is 0.236. The fraction of sp³-hybridized carbons (Fsp3) is 0.400. The van der Waals surface area contributed by atoms with Gasteiger partial charge in [-0.2, -0.15) is 4.31 Å². The third-order valence-electron chi connectivity index (χ3n) is 7.70. The number of aromatic nitrogens is 3. The molecule has 0 bridgehead atoms. The first-order valence-electron chi connectivity index (χ1n) is 14.3. The molecule has 43 heavy (non-hydrogen) atoms. The number of benzene rings is 1. The van der Waals surface area contributed by atoms with E-state index in [-0.39, 0.29) is 23.5 Å². The summed E-state index contributed by atoms with van der Waals surface area (Å²) in [7, 11) is -2.67. The number of hydrogen-bond donors (Lipinski definition) is 0. The number of fused-ring (bicyclic) bond motifs is 1. The van der Waals surface area contributed by atoms with Gasteiger partial charge in [0.05, 0.1) is 17.3 Å². The molecule has 1 saturated heterocycles. The number of aryl methyl sites for hydroxylation is 1. The Morgan fingerprint density at radius 1 is 1.12 bits per heavy atom. The highest BCUT2D eigenvalue weighted by Crippen LogP contribution is 2.34. The maximum Gasteiger partial charge on any atom is 0.374 e. The molecule has 226 valence electrons. The standard InChI is InChI=1S/C30H33N5O6S2/c1-3-4-20-18-31-29(32-19-20)34-13-11-23(12-14-34)40-30-33-24-6-5-22(17-26(24)42-30)21-9-15-35(16-10-21)43(37,38)27-8-7-25(41-27)28(36)39-2/h5-9,17-19,23H,3-4,10-16H2,1-2H3. The molecule has 2 aliphatic rings. The Kier molecular flexibility index (Phi) is 8.46. The summed E-state index contributed by atoms with van der Waals surface area (Å²) in [6.45, 7) is 4.31. The molecule has 0 aliphatic carbocycles. The molecule has 2 aliphatic heterocycles. The van der Waals surface area contributed by atoms with Crippen molar-refractivity contribution in [2.45, 2.75) is 50.2 Å². The predicted molar refractivity (Wildman–Crippen MR) is 163 cm³/mol. The number of esters is 1. The number of carbonyl (C=O) groups excluding carboxylic acids is 1. The van der Waals surface area contributed by atoms with Crippen LogP contribution in [0.3, 0.4) is 0 Å². The molecule has 5 heterocycles. The summed E-state index contributed by atoms with van der Waals surface area (Å²) in [4.78, 5) is 27.7. The third kappa shape index (κ3) is 6.29. The second-order valence-corrected chi connectivity index (χ2v) is 13.4. The zero-order valence-corrected chi connectivity index (χ0v) is 25.7. The topological polar surface area (TPSA) is 128 Å². The number of methoxy groups -OCH3 is 1. The molecule has 0 atom stereocenters. The van der Waals surface area contributed by atoms with E-state index < -0.39 is 16.0 Å². The molecule has 0 radical (unpaired) electrons. The Morgan fingerprint density at radius 3 is 2.60 bits per heavy atom. The summed E-state index contributed by atoms with van der Waals surface area (Å²) in [6.07, 6.45) is 10.2. The summed E-state index contributed by atoms with van der Waals surface area (Å²) >= 11 is 1.53. The van der Waals surface area contributed by atoms with Gasteiger partial charge in [0, 0.05) is 51.4 Å². The molecule has 13 heteroatoms. The number of carbonyl (C=O) groups is 1. The van der Waals surface area contributed by atoms with E-state index in [4.69, 9.17) is 14.1 Å². The van der Waals surface area contributed by atoms with E-state index in [2.05, 4.69) is 32.6 Å². The minimum Gasteiger partial charge on any atom is -0.467 e. The van der Waals surface area contributed by atoms with E-state index in [9.17, 15) is 13.2 Å². The Bertz CT molecular complexity index is 1740. The average Bonchev–Trinajstić information content (AvgIpc) is 3.69. The predicted octanol–water partition coefficient (Wildman–Crippen LogP) is 4.94. The van der Waals surface area contributed by atoms with Crippen LogP contribution < -0.4 is 9.64 Å². The summed E-state index contributed by atoms with van der Waals surface area (Å²) in [5.41, 5.74) is 4.14. The largest absolute Gasteiger partial charge is 0.467 e. The molecule has 0 spiro atoms. The molecule has 0 unspecified atom stereocenters. The fourth-order valence-electron chi connectivity index (χ4n) is 5.33. The minimum absolute atomic E-state index is 0.0856. The van der Waals surface area contributed by atoms with Crippen molar-refractivity contribution in [2.24, 2.45) is 0 Å². The summed E-state index contributed by atoms with van der Waals surface area (Å²) in [5, 5.41) is 0.383. The van der Waals surface area contributed by atoms with Crippen LogP contribution in [0, 0.1) is 0 Å². The van der Waals surface area contributed by atoms with Crippen LogP contribution in [0.5, 0.6) is 5.19 Å². The first kappa shape index (κ1) is 29.3. The zero-order chi connectivity index (χ0) is 30.0. The number of nitrogens with zero attached hydrogens (tertiary/aromatic N) is 5. The maximum absolute atomic E-state index is 13.0. The number of rotatable bonds is 9. The van der Waals surface area contributed by atoms with E-state index in [1.807, 2.05) is 30.6 Å². The van der Waals surface area contributed by atoms with Crippen molar-refractivity contribution in [3.8, 4) is 5.19 Å². The maximum atomic E-state index is 13.0. The summed E-state index contributed by atoms with van der Waals surface area (Å²) < 4.78 is 44.6. The number of piperidine rings is 1. The van der Waals surface area contributed by atoms with Gasteiger partial charge >= 0.3 is 5.97 Å². The Labute approximate surface area is 254 Å². The smallest absolute Gasteiger partial charge is 0.374 e. The lowest BCUT2D eigenvalue weighted by atomic mass is 10.0. The third-order valence-corrected chi connectivity index (χ3v) is 10.3. The van der Waals surface area contributed by atoms with Crippen LogP contribution in [0.2, 0.25) is 0 Å². The molecule has 3 aromatic heterocycles. The Morgan fingerprint density at radius 2 is 1.91 bits per heavy atom. The first-order valence-corrected chi connectivity index (χ1v) is 16.6. The highest BCUT2D eigenvalue weighted by Gasteiger charge is 2.30. The number of sulfonamides is 1. The van der Waals surface area contributed by atoms with E-state index >= 15 is 0 Å². The van der Waals surface area contributed by atoms with Crippen LogP contribution in [-0.2, 0) is 21.2 Å². The molecule has 11 nitrogen and oxygen atoms in total. The minimum atomic E-state index is -3.88. The monoisotopic (exact) mass is 623 g/mol. The van der Waals surface area contributed by atoms with E-state index in [1.165, 1.54) is 40.4 Å². The highest BCUT2D eigenvalue weighted by atomic mass is 32.2. The van der Waals surface area contributed by atoms with Crippen LogP contribution in [0.1, 0.15) is 54.3 Å². The van der Waals surface area contributed by atoms with Crippen molar-refractivity contribution in [3.63, 3.8) is 0 Å².